The van der Waals surface area contributed by atoms with Gasteiger partial charge in [0.15, 0.2) is 5.11 Å². The summed E-state index contributed by atoms with van der Waals surface area (Å²) in [6.45, 7) is 6.12. The summed E-state index contributed by atoms with van der Waals surface area (Å²) in [5, 5.41) is 6.09. The number of rotatable bonds is 5. The van der Waals surface area contributed by atoms with Crippen molar-refractivity contribution < 1.29 is 9.53 Å². The molecule has 0 bridgehead atoms. The maximum absolute atomic E-state index is 12.2. The van der Waals surface area contributed by atoms with Crippen LogP contribution in [0.5, 0.6) is 5.75 Å². The number of nitrogens with one attached hydrogen (secondary N) is 2. The Kier molecular flexibility index (Phi) is 6.35. The molecule has 0 aliphatic heterocycles. The van der Waals surface area contributed by atoms with Crippen LogP contribution >= 0.6 is 23.8 Å². The monoisotopic (exact) mass is 360 g/mol. The lowest BCUT2D eigenvalue weighted by Gasteiger charge is -2.12. The number of benzene rings is 2. The van der Waals surface area contributed by atoms with Crippen molar-refractivity contribution in [1.29, 1.82) is 0 Å². The Morgan fingerprint density at radius 2 is 2.00 bits per heavy atom. The highest BCUT2D eigenvalue weighted by Crippen LogP contribution is 2.18. The van der Waals surface area contributed by atoms with E-state index in [-0.39, 0.29) is 11.0 Å². The normalized spacial score (nSPS) is 9.92. The number of halogens is 1. The predicted molar refractivity (Wildman–Crippen MR) is 102 cm³/mol. The van der Waals surface area contributed by atoms with Crippen molar-refractivity contribution in [3.05, 3.63) is 71.3 Å². The van der Waals surface area contributed by atoms with Gasteiger partial charge in [-0.2, -0.15) is 0 Å². The molecule has 24 heavy (non-hydrogen) atoms. The summed E-state index contributed by atoms with van der Waals surface area (Å²) in [6, 6.07) is 14.0. The smallest absolute Gasteiger partial charge is 0.258 e. The van der Waals surface area contributed by atoms with Crippen LogP contribution in [0.4, 0.5) is 5.69 Å². The largest absolute Gasteiger partial charge is 0.489 e. The van der Waals surface area contributed by atoms with Crippen LogP contribution in [0.1, 0.15) is 17.3 Å². The minimum atomic E-state index is -0.368. The van der Waals surface area contributed by atoms with Crippen LogP contribution in [0.15, 0.2) is 60.7 Å². The highest BCUT2D eigenvalue weighted by Gasteiger charge is 2.11. The highest BCUT2D eigenvalue weighted by molar-refractivity contribution is 7.80. The van der Waals surface area contributed by atoms with E-state index < -0.39 is 0 Å². The fourth-order valence-electron chi connectivity index (χ4n) is 1.85. The summed E-state index contributed by atoms with van der Waals surface area (Å²) in [5.74, 6) is 0.316. The van der Waals surface area contributed by atoms with Gasteiger partial charge in [0.25, 0.3) is 5.91 Å². The molecule has 0 atom stereocenters. The Labute approximate surface area is 151 Å². The molecule has 2 aromatic carbocycles. The summed E-state index contributed by atoms with van der Waals surface area (Å²) in [7, 11) is 0. The van der Waals surface area contributed by atoms with E-state index in [0.717, 1.165) is 5.57 Å². The van der Waals surface area contributed by atoms with E-state index in [1.165, 1.54) is 0 Å². The minimum Gasteiger partial charge on any atom is -0.489 e. The van der Waals surface area contributed by atoms with Gasteiger partial charge in [-0.3, -0.25) is 10.1 Å². The Balaban J connectivity index is 1.97. The number of carbonyl (C=O) groups excluding carboxylic acids is 1. The molecule has 0 aliphatic rings. The van der Waals surface area contributed by atoms with E-state index in [2.05, 4.69) is 17.2 Å². The second kappa shape index (κ2) is 8.47. The van der Waals surface area contributed by atoms with Crippen molar-refractivity contribution in [2.45, 2.75) is 6.92 Å². The summed E-state index contributed by atoms with van der Waals surface area (Å²) in [6.07, 6.45) is 0. The lowest BCUT2D eigenvalue weighted by molar-refractivity contribution is 0.0978. The van der Waals surface area contributed by atoms with E-state index >= 15 is 0 Å². The number of hydrogen-bond acceptors (Lipinski definition) is 3. The van der Waals surface area contributed by atoms with Gasteiger partial charge >= 0.3 is 0 Å². The molecule has 0 unspecified atom stereocenters. The average molecular weight is 361 g/mol. The molecule has 1 amide bonds. The standard InChI is InChI=1S/C18H17ClN2O2S/c1-12(2)11-23-14-7-5-6-13(10-14)20-18(24)21-17(22)15-8-3-4-9-16(15)19/h3-10H,1,11H2,2H3,(H2,20,21,22,24). The molecule has 6 heteroatoms. The van der Waals surface area contributed by atoms with E-state index in [1.807, 2.05) is 25.1 Å². The Morgan fingerprint density at radius 3 is 2.71 bits per heavy atom. The molecule has 2 aromatic rings. The van der Waals surface area contributed by atoms with Crippen molar-refractivity contribution in [3.63, 3.8) is 0 Å². The molecular weight excluding hydrogens is 344 g/mol. The first-order chi connectivity index (χ1) is 11.5. The van der Waals surface area contributed by atoms with Crippen molar-refractivity contribution in [2.75, 3.05) is 11.9 Å². The van der Waals surface area contributed by atoms with Crippen molar-refractivity contribution >= 4 is 40.5 Å². The van der Waals surface area contributed by atoms with E-state index in [0.29, 0.717) is 28.6 Å². The Bertz CT molecular complexity index is 777. The van der Waals surface area contributed by atoms with E-state index in [9.17, 15) is 4.79 Å². The second-order valence-electron chi connectivity index (χ2n) is 5.16. The Hall–Kier alpha value is -2.37. The predicted octanol–water partition coefficient (Wildman–Crippen LogP) is 4.42. The van der Waals surface area contributed by atoms with Crippen LogP contribution in [0.2, 0.25) is 5.02 Å². The lowest BCUT2D eigenvalue weighted by atomic mass is 10.2. The van der Waals surface area contributed by atoms with Crippen LogP contribution in [-0.4, -0.2) is 17.6 Å². The van der Waals surface area contributed by atoms with E-state index in [4.69, 9.17) is 28.6 Å². The number of carbonyl (C=O) groups is 1. The lowest BCUT2D eigenvalue weighted by Crippen LogP contribution is -2.34. The summed E-state index contributed by atoms with van der Waals surface area (Å²) in [5.41, 5.74) is 2.00. The summed E-state index contributed by atoms with van der Waals surface area (Å²) < 4.78 is 5.57. The molecule has 0 saturated carbocycles. The number of thiocarbonyl (C=S) groups is 1. The molecular formula is C18H17ClN2O2S. The zero-order valence-electron chi connectivity index (χ0n) is 13.1. The third kappa shape index (κ3) is 5.37. The SMILES string of the molecule is C=C(C)COc1cccc(NC(=S)NC(=O)c2ccccc2Cl)c1. The van der Waals surface area contributed by atoms with Gasteiger partial charge in [-0.05, 0) is 49.0 Å². The third-order valence-electron chi connectivity index (χ3n) is 2.92. The zero-order chi connectivity index (χ0) is 17.5. The quantitative estimate of drug-likeness (QED) is 0.612. The fourth-order valence-corrected chi connectivity index (χ4v) is 2.28. The van der Waals surface area contributed by atoms with Gasteiger partial charge in [0.2, 0.25) is 0 Å². The van der Waals surface area contributed by atoms with Gasteiger partial charge in [-0.1, -0.05) is 36.4 Å². The Morgan fingerprint density at radius 1 is 1.25 bits per heavy atom. The number of anilines is 1. The van der Waals surface area contributed by atoms with Crippen molar-refractivity contribution in [2.24, 2.45) is 0 Å². The second-order valence-corrected chi connectivity index (χ2v) is 5.98. The van der Waals surface area contributed by atoms with Gasteiger partial charge in [0, 0.05) is 11.8 Å². The molecule has 0 saturated heterocycles. The third-order valence-corrected chi connectivity index (χ3v) is 3.46. The first-order valence-electron chi connectivity index (χ1n) is 7.20. The first-order valence-corrected chi connectivity index (χ1v) is 7.98. The zero-order valence-corrected chi connectivity index (χ0v) is 14.7. The van der Waals surface area contributed by atoms with Crippen LogP contribution in [0.3, 0.4) is 0 Å². The molecule has 0 fully saturated rings. The summed E-state index contributed by atoms with van der Waals surface area (Å²) >= 11 is 11.2. The van der Waals surface area contributed by atoms with Crippen LogP contribution in [0, 0.1) is 0 Å². The van der Waals surface area contributed by atoms with E-state index in [1.54, 1.807) is 30.3 Å². The number of ether oxygens (including phenoxy) is 1. The summed E-state index contributed by atoms with van der Waals surface area (Å²) in [4.78, 5) is 12.2. The van der Waals surface area contributed by atoms with Crippen LogP contribution in [0.25, 0.3) is 0 Å². The molecule has 124 valence electrons. The number of amides is 1. The van der Waals surface area contributed by atoms with Gasteiger partial charge in [0.1, 0.15) is 12.4 Å². The molecule has 2 rings (SSSR count). The van der Waals surface area contributed by atoms with Crippen molar-refractivity contribution in [1.82, 2.24) is 5.32 Å². The highest BCUT2D eigenvalue weighted by atomic mass is 35.5. The van der Waals surface area contributed by atoms with Crippen LogP contribution in [-0.2, 0) is 0 Å². The fraction of sp³-hybridized carbons (Fsp3) is 0.111. The molecule has 0 spiro atoms. The molecule has 0 aromatic heterocycles. The van der Waals surface area contributed by atoms with Crippen molar-refractivity contribution in [3.8, 4) is 5.75 Å². The topological polar surface area (TPSA) is 50.4 Å². The van der Waals surface area contributed by atoms with Crippen LogP contribution < -0.4 is 15.4 Å². The van der Waals surface area contributed by atoms with Gasteiger partial charge < -0.3 is 10.1 Å². The first kappa shape index (κ1) is 18.0. The number of hydrogen-bond donors (Lipinski definition) is 2. The molecule has 4 nitrogen and oxygen atoms in total. The van der Waals surface area contributed by atoms with Gasteiger partial charge in [0.05, 0.1) is 10.6 Å². The van der Waals surface area contributed by atoms with Gasteiger partial charge in [-0.25, -0.2) is 0 Å². The van der Waals surface area contributed by atoms with Gasteiger partial charge in [-0.15, -0.1) is 0 Å². The maximum Gasteiger partial charge on any atom is 0.258 e. The molecule has 0 aliphatic carbocycles. The average Bonchev–Trinajstić information content (AvgIpc) is 2.53. The molecule has 2 N–H and O–H groups in total. The minimum absolute atomic E-state index is 0.178. The molecule has 0 radical (unpaired) electrons. The maximum atomic E-state index is 12.2. The molecule has 0 heterocycles.